The predicted octanol–water partition coefficient (Wildman–Crippen LogP) is 14.4. The summed E-state index contributed by atoms with van der Waals surface area (Å²) in [4.78, 5) is 18.0. The van der Waals surface area contributed by atoms with Crippen molar-refractivity contribution in [3.05, 3.63) is 200 Å². The minimum absolute atomic E-state index is 0.580. The highest BCUT2D eigenvalue weighted by Gasteiger charge is 2.25. The lowest BCUT2D eigenvalue weighted by atomic mass is 9.94. The Morgan fingerprint density at radius 2 is 0.934 bits per heavy atom. The number of rotatable bonds is 5. The van der Waals surface area contributed by atoms with Crippen LogP contribution in [0.3, 0.4) is 0 Å². The first-order chi connectivity index (χ1) is 30.2. The summed E-state index contributed by atoms with van der Waals surface area (Å²) in [7, 11) is 0. The zero-order valence-corrected chi connectivity index (χ0v) is 33.5. The third-order valence-electron chi connectivity index (χ3n) is 12.2. The molecular formula is C55H33N5S. The smallest absolute Gasteiger partial charge is 0.238 e. The predicted molar refractivity (Wildman–Crippen MR) is 252 cm³/mol. The Hall–Kier alpha value is -7.80. The number of aromatic nitrogens is 5. The summed E-state index contributed by atoms with van der Waals surface area (Å²) in [5.74, 6) is 1.84. The van der Waals surface area contributed by atoms with Crippen molar-refractivity contribution in [1.82, 2.24) is 24.1 Å². The van der Waals surface area contributed by atoms with Crippen LogP contribution in [0, 0.1) is 0 Å². The average molecular weight is 796 g/mol. The van der Waals surface area contributed by atoms with E-state index in [0.29, 0.717) is 17.6 Å². The van der Waals surface area contributed by atoms with Crippen LogP contribution in [0.2, 0.25) is 0 Å². The Morgan fingerprint density at radius 1 is 0.328 bits per heavy atom. The number of nitrogens with zero attached hydrogens (tertiary/aromatic N) is 5. The van der Waals surface area contributed by atoms with Crippen molar-refractivity contribution >= 4 is 66.1 Å². The van der Waals surface area contributed by atoms with E-state index in [1.807, 2.05) is 48.2 Å². The number of hydrogen-bond acceptors (Lipinski definition) is 4. The van der Waals surface area contributed by atoms with Gasteiger partial charge >= 0.3 is 0 Å². The van der Waals surface area contributed by atoms with Gasteiger partial charge in [0.1, 0.15) is 0 Å². The first-order valence-electron chi connectivity index (χ1n) is 20.5. The molecule has 4 heterocycles. The quantitative estimate of drug-likeness (QED) is 0.174. The molecule has 0 amide bonds. The monoisotopic (exact) mass is 795 g/mol. The van der Waals surface area contributed by atoms with Gasteiger partial charge in [0.15, 0.2) is 11.6 Å². The third-order valence-corrected chi connectivity index (χ3v) is 13.3. The van der Waals surface area contributed by atoms with E-state index in [0.717, 1.165) is 49.7 Å². The average Bonchev–Trinajstić information content (AvgIpc) is 3.84. The fraction of sp³-hybridized carbons (Fsp3) is 0. The lowest BCUT2D eigenvalue weighted by molar-refractivity contribution is 0.953. The van der Waals surface area contributed by atoms with Crippen molar-refractivity contribution < 1.29 is 0 Å². The minimum atomic E-state index is 0.580. The number of fused-ring (bicyclic) bond motifs is 9. The van der Waals surface area contributed by atoms with Crippen LogP contribution in [0.5, 0.6) is 0 Å². The normalized spacial score (nSPS) is 12.2. The van der Waals surface area contributed by atoms with E-state index in [4.69, 9.17) is 15.0 Å². The second-order valence-electron chi connectivity index (χ2n) is 15.6. The first-order valence-corrected chi connectivity index (χ1v) is 21.3. The van der Waals surface area contributed by atoms with Gasteiger partial charge in [0.25, 0.3) is 0 Å². The Labute approximate surface area is 355 Å². The second kappa shape index (κ2) is 13.4. The van der Waals surface area contributed by atoms with Crippen LogP contribution in [0.25, 0.3) is 111 Å². The summed E-state index contributed by atoms with van der Waals surface area (Å²) < 4.78 is 4.65. The molecule has 1 aliphatic heterocycles. The fourth-order valence-corrected chi connectivity index (χ4v) is 10.6. The van der Waals surface area contributed by atoms with Crippen LogP contribution in [0.15, 0.2) is 210 Å². The molecule has 0 spiro atoms. The van der Waals surface area contributed by atoms with E-state index >= 15 is 0 Å². The maximum absolute atomic E-state index is 5.19. The van der Waals surface area contributed by atoms with Gasteiger partial charge in [-0.3, -0.25) is 4.57 Å². The highest BCUT2D eigenvalue weighted by Crippen LogP contribution is 2.51. The van der Waals surface area contributed by atoms with Gasteiger partial charge in [-0.25, -0.2) is 4.98 Å². The van der Waals surface area contributed by atoms with E-state index in [1.165, 1.54) is 53.5 Å². The summed E-state index contributed by atoms with van der Waals surface area (Å²) in [5, 5.41) is 7.38. The molecule has 0 fully saturated rings. The largest absolute Gasteiger partial charge is 0.309 e. The third kappa shape index (κ3) is 5.26. The lowest BCUT2D eigenvalue weighted by Crippen LogP contribution is -2.06. The van der Waals surface area contributed by atoms with Crippen LogP contribution in [0.1, 0.15) is 0 Å². The van der Waals surface area contributed by atoms with Gasteiger partial charge in [-0.2, -0.15) is 9.97 Å². The molecule has 0 saturated carbocycles. The van der Waals surface area contributed by atoms with Gasteiger partial charge in [-0.15, -0.1) is 0 Å². The molecule has 0 saturated heterocycles. The molecule has 0 bridgehead atoms. The van der Waals surface area contributed by atoms with Gasteiger partial charge in [-0.1, -0.05) is 163 Å². The molecule has 0 unspecified atom stereocenters. The maximum atomic E-state index is 5.19. The summed E-state index contributed by atoms with van der Waals surface area (Å²) in [6.07, 6.45) is 0. The van der Waals surface area contributed by atoms with Crippen molar-refractivity contribution in [2.75, 3.05) is 0 Å². The number of hydrogen-bond donors (Lipinski definition) is 0. The molecule has 9 aromatic carbocycles. The van der Waals surface area contributed by atoms with Crippen LogP contribution in [-0.2, 0) is 0 Å². The molecule has 0 N–H and O–H groups in total. The molecule has 0 aliphatic carbocycles. The summed E-state index contributed by atoms with van der Waals surface area (Å²) in [6.45, 7) is 0. The van der Waals surface area contributed by atoms with Crippen LogP contribution in [0.4, 0.5) is 0 Å². The molecule has 6 heteroatoms. The summed E-state index contributed by atoms with van der Waals surface area (Å²) >= 11 is 1.88. The molecule has 3 aromatic heterocycles. The van der Waals surface area contributed by atoms with Gasteiger partial charge in [0.05, 0.1) is 22.1 Å². The first kappa shape index (κ1) is 34.1. The van der Waals surface area contributed by atoms with Crippen molar-refractivity contribution in [1.29, 1.82) is 0 Å². The maximum Gasteiger partial charge on any atom is 0.238 e. The Balaban J connectivity index is 1.06. The molecule has 0 radical (unpaired) electrons. The highest BCUT2D eigenvalue weighted by atomic mass is 32.2. The molecule has 0 atom stereocenters. The number of benzene rings is 9. The standard InChI is InChI=1S/C55H33N5S/c1-4-15-34(16-5-1)53-56-54(35-17-6-2-7-18-35)58-55(57-53)60-45-25-12-10-21-39(45)40-29-27-37(32-47(40)60)36-28-30-46-44(31-36)51-43-24-14-23-42-41-22-11-13-26-49(41)61-50(52(42)43)33-48(51)59(46)38-19-8-3-9-20-38/h1-33H. The van der Waals surface area contributed by atoms with Gasteiger partial charge in [-0.05, 0) is 76.2 Å². The van der Waals surface area contributed by atoms with Crippen molar-refractivity contribution in [2.24, 2.45) is 0 Å². The zero-order valence-electron chi connectivity index (χ0n) is 32.7. The SMILES string of the molecule is c1ccc(-c2nc(-c3ccccc3)nc(-n3c4ccccc4c4ccc(-c5ccc6c(c5)c5c7cccc8c7c(cc5n6-c5ccccc5)Sc5ccccc5-8)cc43)n2)cc1. The van der Waals surface area contributed by atoms with Crippen LogP contribution < -0.4 is 0 Å². The van der Waals surface area contributed by atoms with Gasteiger partial charge in [0, 0.05) is 53.5 Å². The van der Waals surface area contributed by atoms with E-state index in [9.17, 15) is 0 Å². The van der Waals surface area contributed by atoms with E-state index < -0.39 is 0 Å². The molecule has 13 rings (SSSR count). The second-order valence-corrected chi connectivity index (χ2v) is 16.7. The summed E-state index contributed by atoms with van der Waals surface area (Å²) in [5.41, 5.74) is 12.3. The Morgan fingerprint density at radius 3 is 1.72 bits per heavy atom. The Bertz CT molecular complexity index is 3660. The molecule has 284 valence electrons. The molecular weight excluding hydrogens is 763 g/mol. The van der Waals surface area contributed by atoms with Crippen molar-refractivity contribution in [3.8, 4) is 56.7 Å². The lowest BCUT2D eigenvalue weighted by Gasteiger charge is -2.21. The topological polar surface area (TPSA) is 48.5 Å². The molecule has 5 nitrogen and oxygen atoms in total. The van der Waals surface area contributed by atoms with Gasteiger partial charge < -0.3 is 4.57 Å². The van der Waals surface area contributed by atoms with E-state index in [1.54, 1.807) is 0 Å². The summed E-state index contributed by atoms with van der Waals surface area (Å²) in [6, 6.07) is 71.5. The van der Waals surface area contributed by atoms with Gasteiger partial charge in [0.2, 0.25) is 5.95 Å². The fourth-order valence-electron chi connectivity index (χ4n) is 9.45. The minimum Gasteiger partial charge on any atom is -0.309 e. The highest BCUT2D eigenvalue weighted by molar-refractivity contribution is 7.99. The van der Waals surface area contributed by atoms with Crippen LogP contribution in [-0.4, -0.2) is 24.1 Å². The van der Waals surface area contributed by atoms with Crippen molar-refractivity contribution in [2.45, 2.75) is 9.79 Å². The Kier molecular flexibility index (Phi) is 7.47. The van der Waals surface area contributed by atoms with Crippen LogP contribution >= 0.6 is 11.8 Å². The molecule has 61 heavy (non-hydrogen) atoms. The zero-order chi connectivity index (χ0) is 40.0. The van der Waals surface area contributed by atoms with E-state index in [-0.39, 0.29) is 0 Å². The molecule has 12 aromatic rings. The van der Waals surface area contributed by atoms with Crippen molar-refractivity contribution in [3.63, 3.8) is 0 Å². The number of para-hydroxylation sites is 2. The molecule has 1 aliphatic rings. The van der Waals surface area contributed by atoms with E-state index in [2.05, 4.69) is 173 Å².